The molecule has 1 amide bonds. The van der Waals surface area contributed by atoms with Crippen molar-refractivity contribution in [3.8, 4) is 5.19 Å². The molecule has 0 N–H and O–H groups in total. The van der Waals surface area contributed by atoms with Crippen LogP contribution in [0.15, 0.2) is 23.4 Å². The molecule has 0 spiro atoms. The fourth-order valence-corrected chi connectivity index (χ4v) is 3.64. The van der Waals surface area contributed by atoms with Gasteiger partial charge < -0.3 is 9.64 Å². The zero-order chi connectivity index (χ0) is 17.9. The average molecular weight is 350 g/mol. The van der Waals surface area contributed by atoms with Gasteiger partial charge in [-0.1, -0.05) is 43.8 Å². The first-order valence-corrected chi connectivity index (χ1v) is 9.21. The molecule has 1 aliphatic rings. The highest BCUT2D eigenvalue weighted by Gasteiger charge is 2.27. The maximum absolute atomic E-state index is 12.7. The second-order valence-electron chi connectivity index (χ2n) is 7.19. The summed E-state index contributed by atoms with van der Waals surface area (Å²) in [5, 5.41) is 9.33. The van der Waals surface area contributed by atoms with E-state index in [2.05, 4.69) is 43.1 Å². The van der Waals surface area contributed by atoms with Gasteiger partial charge in [0.25, 0.3) is 11.1 Å². The molecule has 132 valence electrons. The Hall–Kier alpha value is -1.69. The number of hydrogen-bond acceptors (Lipinski definition) is 5. The van der Waals surface area contributed by atoms with E-state index in [4.69, 9.17) is 4.74 Å². The summed E-state index contributed by atoms with van der Waals surface area (Å²) in [6, 6.07) is 0.0610. The lowest BCUT2D eigenvalue weighted by Gasteiger charge is -2.34. The zero-order valence-corrected chi connectivity index (χ0v) is 16.2. The third-order valence-corrected chi connectivity index (χ3v) is 4.78. The van der Waals surface area contributed by atoms with Crippen LogP contribution in [0.4, 0.5) is 0 Å². The van der Waals surface area contributed by atoms with Crippen molar-refractivity contribution in [1.82, 2.24) is 15.1 Å². The number of carbonyl (C=O) groups is 1. The van der Waals surface area contributed by atoms with Crippen LogP contribution < -0.4 is 4.74 Å². The third kappa shape index (κ3) is 4.66. The number of carbonyl (C=O) groups excluding carboxylic acids is 1. The van der Waals surface area contributed by atoms with Gasteiger partial charge in [0.1, 0.15) is 5.01 Å². The number of hydrogen-bond donors (Lipinski definition) is 0. The molecule has 0 aromatic carbocycles. The molecule has 0 bridgehead atoms. The molecule has 0 atom stereocenters. The largest absolute Gasteiger partial charge is 0.459 e. The summed E-state index contributed by atoms with van der Waals surface area (Å²) < 4.78 is 5.56. The summed E-state index contributed by atoms with van der Waals surface area (Å²) in [4.78, 5) is 14.6. The first-order chi connectivity index (χ1) is 11.2. The van der Waals surface area contributed by atoms with Crippen LogP contribution in [0, 0.1) is 5.41 Å². The van der Waals surface area contributed by atoms with Crippen molar-refractivity contribution in [3.63, 3.8) is 0 Å². The molecule has 5 nitrogen and oxygen atoms in total. The van der Waals surface area contributed by atoms with E-state index >= 15 is 0 Å². The summed E-state index contributed by atoms with van der Waals surface area (Å²) in [6.45, 7) is 12.5. The van der Waals surface area contributed by atoms with Crippen LogP contribution in [0.1, 0.15) is 53.0 Å². The lowest BCUT2D eigenvalue weighted by atomic mass is 9.81. The molecular weight excluding hydrogens is 322 g/mol. The van der Waals surface area contributed by atoms with Crippen molar-refractivity contribution in [2.24, 2.45) is 5.41 Å². The van der Waals surface area contributed by atoms with Crippen molar-refractivity contribution in [1.29, 1.82) is 0 Å². The number of aryl methyl sites for hydroxylation is 1. The molecule has 0 unspecified atom stereocenters. The SMILES string of the molecule is CCc1nnc(OCC(=O)N(C2=CC(C)(C)CC(C)=C2)C(C)C)s1. The van der Waals surface area contributed by atoms with Crippen LogP contribution in [0.2, 0.25) is 0 Å². The van der Waals surface area contributed by atoms with Gasteiger partial charge in [0.15, 0.2) is 6.61 Å². The first-order valence-electron chi connectivity index (χ1n) is 8.39. The van der Waals surface area contributed by atoms with Crippen LogP contribution in [-0.2, 0) is 11.2 Å². The molecule has 0 saturated heterocycles. The van der Waals surface area contributed by atoms with E-state index in [0.29, 0.717) is 5.19 Å². The van der Waals surface area contributed by atoms with Crippen molar-refractivity contribution < 1.29 is 9.53 Å². The summed E-state index contributed by atoms with van der Waals surface area (Å²) in [6.07, 6.45) is 6.11. The molecule has 1 aromatic heterocycles. The lowest BCUT2D eigenvalue weighted by molar-refractivity contribution is -0.132. The first kappa shape index (κ1) is 18.6. The Morgan fingerprint density at radius 3 is 2.67 bits per heavy atom. The molecule has 2 rings (SSSR count). The molecule has 1 aromatic rings. The zero-order valence-electron chi connectivity index (χ0n) is 15.4. The molecule has 24 heavy (non-hydrogen) atoms. The Bertz CT molecular complexity index is 659. The smallest absolute Gasteiger partial charge is 0.294 e. The van der Waals surface area contributed by atoms with E-state index in [9.17, 15) is 4.79 Å². The minimum Gasteiger partial charge on any atom is -0.459 e. The highest BCUT2D eigenvalue weighted by atomic mass is 32.1. The Labute approximate surface area is 148 Å². The predicted molar refractivity (Wildman–Crippen MR) is 97.0 cm³/mol. The van der Waals surface area contributed by atoms with Gasteiger partial charge in [0, 0.05) is 11.7 Å². The van der Waals surface area contributed by atoms with Crippen LogP contribution >= 0.6 is 11.3 Å². The minimum absolute atomic E-state index is 0.0266. The molecule has 0 fully saturated rings. The van der Waals surface area contributed by atoms with E-state index in [1.54, 1.807) is 0 Å². The summed E-state index contributed by atoms with van der Waals surface area (Å²) in [7, 11) is 0. The molecule has 1 aliphatic carbocycles. The molecule has 0 aliphatic heterocycles. The molecule has 0 radical (unpaired) electrons. The maximum Gasteiger partial charge on any atom is 0.294 e. The fraction of sp³-hybridized carbons (Fsp3) is 0.611. The van der Waals surface area contributed by atoms with Crippen LogP contribution in [0.25, 0.3) is 0 Å². The van der Waals surface area contributed by atoms with Gasteiger partial charge in [0.05, 0.1) is 0 Å². The second kappa shape index (κ2) is 7.47. The van der Waals surface area contributed by atoms with Crippen molar-refractivity contribution >= 4 is 17.2 Å². The fourth-order valence-electron chi connectivity index (χ4n) is 3.02. The number of nitrogens with zero attached hydrogens (tertiary/aromatic N) is 3. The summed E-state index contributed by atoms with van der Waals surface area (Å²) in [5.41, 5.74) is 2.30. The lowest BCUT2D eigenvalue weighted by Crippen LogP contribution is -2.40. The van der Waals surface area contributed by atoms with Gasteiger partial charge in [-0.15, -0.1) is 10.2 Å². The van der Waals surface area contributed by atoms with Crippen molar-refractivity contribution in [3.05, 3.63) is 28.4 Å². The Kier molecular flexibility index (Phi) is 5.80. The van der Waals surface area contributed by atoms with Gasteiger partial charge in [0.2, 0.25) is 0 Å². The maximum atomic E-state index is 12.7. The number of aromatic nitrogens is 2. The summed E-state index contributed by atoms with van der Waals surface area (Å²) in [5.74, 6) is -0.0637. The number of rotatable bonds is 6. The highest BCUT2D eigenvalue weighted by Crippen LogP contribution is 2.34. The van der Waals surface area contributed by atoms with Crippen molar-refractivity contribution in [2.75, 3.05) is 6.61 Å². The van der Waals surface area contributed by atoms with Gasteiger partial charge >= 0.3 is 0 Å². The number of allylic oxidation sites excluding steroid dienone is 3. The average Bonchev–Trinajstić information content (AvgIpc) is 2.90. The topological polar surface area (TPSA) is 55.3 Å². The molecular formula is C18H27N3O2S. The van der Waals surface area contributed by atoms with Gasteiger partial charge in [-0.25, -0.2) is 0 Å². The number of ether oxygens (including phenoxy) is 1. The van der Waals surface area contributed by atoms with E-state index < -0.39 is 0 Å². The van der Waals surface area contributed by atoms with Gasteiger partial charge in [-0.05, 0) is 45.1 Å². The number of amides is 1. The molecule has 1 heterocycles. The second-order valence-corrected chi connectivity index (χ2v) is 8.21. The molecule has 6 heteroatoms. The Morgan fingerprint density at radius 2 is 2.12 bits per heavy atom. The monoisotopic (exact) mass is 349 g/mol. The predicted octanol–water partition coefficient (Wildman–Crippen LogP) is 3.98. The minimum atomic E-state index is -0.0637. The molecule has 0 saturated carbocycles. The Morgan fingerprint density at radius 1 is 1.42 bits per heavy atom. The van der Waals surface area contributed by atoms with E-state index in [1.807, 2.05) is 25.7 Å². The van der Waals surface area contributed by atoms with Gasteiger partial charge in [-0.2, -0.15) is 0 Å². The van der Waals surface area contributed by atoms with E-state index in [-0.39, 0.29) is 24.0 Å². The normalized spacial score (nSPS) is 16.6. The van der Waals surface area contributed by atoms with E-state index in [1.165, 1.54) is 16.9 Å². The highest BCUT2D eigenvalue weighted by molar-refractivity contribution is 7.13. The van der Waals surface area contributed by atoms with Crippen LogP contribution in [0.3, 0.4) is 0 Å². The quantitative estimate of drug-likeness (QED) is 0.779. The standard InChI is InChI=1S/C18H27N3O2S/c1-7-15-19-20-17(24-15)23-11-16(22)21(12(2)3)14-8-13(4)9-18(5,6)10-14/h8,10,12H,7,9,11H2,1-6H3. The van der Waals surface area contributed by atoms with E-state index in [0.717, 1.165) is 23.5 Å². The van der Waals surface area contributed by atoms with Crippen LogP contribution in [0.5, 0.6) is 5.19 Å². The van der Waals surface area contributed by atoms with Crippen LogP contribution in [-0.4, -0.2) is 33.7 Å². The van der Waals surface area contributed by atoms with Crippen molar-refractivity contribution in [2.45, 2.75) is 60.4 Å². The summed E-state index contributed by atoms with van der Waals surface area (Å²) >= 11 is 1.39. The Balaban J connectivity index is 2.12. The third-order valence-electron chi connectivity index (χ3n) is 3.80. The van der Waals surface area contributed by atoms with Gasteiger partial charge in [-0.3, -0.25) is 4.79 Å².